The Balaban J connectivity index is 1.73. The molecule has 22 heavy (non-hydrogen) atoms. The van der Waals surface area contributed by atoms with E-state index in [1.54, 1.807) is 0 Å². The van der Waals surface area contributed by atoms with Gasteiger partial charge in [0.1, 0.15) is 0 Å². The summed E-state index contributed by atoms with van der Waals surface area (Å²) in [6.45, 7) is 4.28. The van der Waals surface area contributed by atoms with Gasteiger partial charge in [-0.25, -0.2) is 0 Å². The van der Waals surface area contributed by atoms with Crippen molar-refractivity contribution in [1.29, 1.82) is 0 Å². The maximum Gasteiger partial charge on any atom is 0.230 e. The van der Waals surface area contributed by atoms with E-state index in [0.717, 1.165) is 17.2 Å². The minimum atomic E-state index is 0.0562. The second-order valence-electron chi connectivity index (χ2n) is 5.52. The summed E-state index contributed by atoms with van der Waals surface area (Å²) in [5.41, 5.74) is 0.801. The lowest BCUT2D eigenvalue weighted by Gasteiger charge is -2.13. The Morgan fingerprint density at radius 2 is 2.18 bits per heavy atom. The average Bonchev–Trinajstić information content (AvgIpc) is 2.93. The minimum absolute atomic E-state index is 0.0562. The molecule has 6 heteroatoms. The minimum Gasteiger partial charge on any atom is -0.353 e. The summed E-state index contributed by atoms with van der Waals surface area (Å²) in [6.07, 6.45) is 7.89. The zero-order valence-electron chi connectivity index (χ0n) is 13.3. The molecule has 0 aromatic carbocycles. The first-order valence-corrected chi connectivity index (χ1v) is 8.91. The van der Waals surface area contributed by atoms with Crippen LogP contribution in [-0.2, 0) is 4.79 Å². The number of thioether (sulfide) groups is 1. The molecular weight excluding hydrogens is 296 g/mol. The predicted octanol–water partition coefficient (Wildman–Crippen LogP) is 3.30. The largest absolute Gasteiger partial charge is 0.353 e. The highest BCUT2D eigenvalue weighted by molar-refractivity contribution is 7.99. The molecular formula is C16H24N4OS. The number of fused-ring (bicyclic) bond motifs is 1. The van der Waals surface area contributed by atoms with Crippen molar-refractivity contribution >= 4 is 23.3 Å². The molecule has 2 aromatic rings. The maximum absolute atomic E-state index is 12.0. The number of pyridine rings is 1. The molecule has 0 saturated carbocycles. The van der Waals surface area contributed by atoms with Gasteiger partial charge in [0.25, 0.3) is 0 Å². The number of nitrogens with one attached hydrogen (secondary N) is 1. The summed E-state index contributed by atoms with van der Waals surface area (Å²) in [6, 6.07) is 5.99. The second kappa shape index (κ2) is 8.78. The van der Waals surface area contributed by atoms with E-state index in [2.05, 4.69) is 29.4 Å². The molecule has 1 N–H and O–H groups in total. The molecule has 120 valence electrons. The van der Waals surface area contributed by atoms with Crippen LogP contribution >= 0.6 is 11.8 Å². The molecule has 0 unspecified atom stereocenters. The van der Waals surface area contributed by atoms with Crippen molar-refractivity contribution in [2.75, 3.05) is 5.75 Å². The first kappa shape index (κ1) is 16.8. The van der Waals surface area contributed by atoms with Gasteiger partial charge < -0.3 is 5.32 Å². The summed E-state index contributed by atoms with van der Waals surface area (Å²) in [4.78, 5) is 12.0. The molecule has 2 aromatic heterocycles. The number of nitrogens with zero attached hydrogens (tertiary/aromatic N) is 3. The van der Waals surface area contributed by atoms with Gasteiger partial charge >= 0.3 is 0 Å². The molecule has 0 bridgehead atoms. The highest BCUT2D eigenvalue weighted by Gasteiger charge is 2.10. The summed E-state index contributed by atoms with van der Waals surface area (Å²) >= 11 is 1.42. The van der Waals surface area contributed by atoms with Crippen molar-refractivity contribution in [3.05, 3.63) is 24.4 Å². The number of hydrogen-bond donors (Lipinski definition) is 1. The maximum atomic E-state index is 12.0. The molecule has 0 spiro atoms. The SMILES string of the molecule is CCCCCC[C@@H](C)NC(=O)CSc1nnc2ccccn12. The van der Waals surface area contributed by atoms with Crippen LogP contribution in [0.1, 0.15) is 46.0 Å². The molecule has 2 rings (SSSR count). The Hall–Kier alpha value is -1.56. The zero-order chi connectivity index (χ0) is 15.8. The lowest BCUT2D eigenvalue weighted by atomic mass is 10.1. The highest BCUT2D eigenvalue weighted by Crippen LogP contribution is 2.16. The van der Waals surface area contributed by atoms with Gasteiger partial charge in [0.15, 0.2) is 10.8 Å². The predicted molar refractivity (Wildman–Crippen MR) is 90.1 cm³/mol. The van der Waals surface area contributed by atoms with Crippen LogP contribution in [0.2, 0.25) is 0 Å². The molecule has 5 nitrogen and oxygen atoms in total. The van der Waals surface area contributed by atoms with Gasteiger partial charge in [-0.3, -0.25) is 9.20 Å². The fourth-order valence-electron chi connectivity index (χ4n) is 2.31. The Morgan fingerprint density at radius 3 is 3.00 bits per heavy atom. The number of rotatable bonds is 9. The lowest BCUT2D eigenvalue weighted by Crippen LogP contribution is -2.33. The molecule has 2 heterocycles. The first-order chi connectivity index (χ1) is 10.7. The van der Waals surface area contributed by atoms with Crippen molar-refractivity contribution in [2.24, 2.45) is 0 Å². The molecule has 0 aliphatic rings. The van der Waals surface area contributed by atoms with Crippen LogP contribution in [0.4, 0.5) is 0 Å². The second-order valence-corrected chi connectivity index (χ2v) is 6.46. The number of aromatic nitrogens is 3. The third-order valence-corrected chi connectivity index (χ3v) is 4.46. The van der Waals surface area contributed by atoms with Crippen molar-refractivity contribution in [2.45, 2.75) is 57.1 Å². The zero-order valence-corrected chi connectivity index (χ0v) is 14.1. The van der Waals surface area contributed by atoms with E-state index >= 15 is 0 Å². The smallest absolute Gasteiger partial charge is 0.230 e. The molecule has 1 amide bonds. The van der Waals surface area contributed by atoms with Crippen LogP contribution in [0.25, 0.3) is 5.65 Å². The van der Waals surface area contributed by atoms with Gasteiger partial charge in [0, 0.05) is 12.2 Å². The Morgan fingerprint density at radius 1 is 1.32 bits per heavy atom. The van der Waals surface area contributed by atoms with E-state index in [4.69, 9.17) is 0 Å². The third-order valence-electron chi connectivity index (χ3n) is 3.51. The highest BCUT2D eigenvalue weighted by atomic mass is 32.2. The molecule has 0 radical (unpaired) electrons. The van der Waals surface area contributed by atoms with Crippen molar-refractivity contribution in [3.63, 3.8) is 0 Å². The molecule has 0 fully saturated rings. The van der Waals surface area contributed by atoms with Crippen molar-refractivity contribution < 1.29 is 4.79 Å². The molecule has 0 saturated heterocycles. The van der Waals surface area contributed by atoms with E-state index in [9.17, 15) is 4.79 Å². The lowest BCUT2D eigenvalue weighted by molar-refractivity contribution is -0.119. The number of unbranched alkanes of at least 4 members (excludes halogenated alkanes) is 3. The fourth-order valence-corrected chi connectivity index (χ4v) is 3.05. The van der Waals surface area contributed by atoms with Crippen LogP contribution < -0.4 is 5.32 Å². The Bertz CT molecular complexity index is 599. The average molecular weight is 320 g/mol. The van der Waals surface area contributed by atoms with Crippen LogP contribution in [0.15, 0.2) is 29.6 Å². The summed E-state index contributed by atoms with van der Waals surface area (Å²) < 4.78 is 1.89. The number of hydrogen-bond acceptors (Lipinski definition) is 4. The number of carbonyl (C=O) groups excluding carboxylic acids is 1. The third kappa shape index (κ3) is 5.02. The molecule has 0 aliphatic heterocycles. The fraction of sp³-hybridized carbons (Fsp3) is 0.562. The molecule has 1 atom stereocenters. The van der Waals surface area contributed by atoms with Crippen LogP contribution in [0, 0.1) is 0 Å². The molecule has 0 aliphatic carbocycles. The topological polar surface area (TPSA) is 59.3 Å². The van der Waals surface area contributed by atoms with Crippen molar-refractivity contribution in [1.82, 2.24) is 19.9 Å². The van der Waals surface area contributed by atoms with Crippen molar-refractivity contribution in [3.8, 4) is 0 Å². The van der Waals surface area contributed by atoms with Gasteiger partial charge in [-0.2, -0.15) is 0 Å². The van der Waals surface area contributed by atoms with Crippen LogP contribution in [-0.4, -0.2) is 32.3 Å². The summed E-state index contributed by atoms with van der Waals surface area (Å²) in [5.74, 6) is 0.426. The van der Waals surface area contributed by atoms with E-state index in [-0.39, 0.29) is 11.9 Å². The van der Waals surface area contributed by atoms with E-state index in [0.29, 0.717) is 5.75 Å². The van der Waals surface area contributed by atoms with Gasteiger partial charge in [0.2, 0.25) is 5.91 Å². The number of carbonyl (C=O) groups is 1. The Kier molecular flexibility index (Phi) is 6.71. The number of amides is 1. The quantitative estimate of drug-likeness (QED) is 0.569. The van der Waals surface area contributed by atoms with Gasteiger partial charge in [0.05, 0.1) is 5.75 Å². The van der Waals surface area contributed by atoms with E-state index < -0.39 is 0 Å². The Labute approximate surface area is 135 Å². The summed E-state index contributed by atoms with van der Waals surface area (Å²) in [7, 11) is 0. The summed E-state index contributed by atoms with van der Waals surface area (Å²) in [5, 5.41) is 12.0. The standard InChI is InChI=1S/C16H24N4OS/c1-3-4-5-6-9-13(2)17-15(21)12-22-16-19-18-14-10-7-8-11-20(14)16/h7-8,10-11,13H,3-6,9,12H2,1-2H3,(H,17,21)/t13-/m1/s1. The van der Waals surface area contributed by atoms with Crippen LogP contribution in [0.3, 0.4) is 0 Å². The first-order valence-electron chi connectivity index (χ1n) is 7.92. The van der Waals surface area contributed by atoms with E-state index in [1.165, 1.54) is 37.4 Å². The monoisotopic (exact) mass is 320 g/mol. The van der Waals surface area contributed by atoms with Crippen LogP contribution in [0.5, 0.6) is 0 Å². The van der Waals surface area contributed by atoms with Gasteiger partial charge in [-0.05, 0) is 25.5 Å². The normalized spacial score (nSPS) is 12.5. The van der Waals surface area contributed by atoms with E-state index in [1.807, 2.05) is 28.8 Å². The van der Waals surface area contributed by atoms with Gasteiger partial charge in [-0.15, -0.1) is 10.2 Å². The van der Waals surface area contributed by atoms with Gasteiger partial charge in [-0.1, -0.05) is 50.4 Å².